The molecule has 2 N–H and O–H groups in total. The SMILES string of the molecule is O=Cc1[nH]c2cccc(OCc3ccccc3)c2c1C(=O)O. The lowest BCUT2D eigenvalue weighted by molar-refractivity contribution is 0.0696. The number of aromatic amines is 1. The molecule has 0 spiro atoms. The number of aromatic nitrogens is 1. The van der Waals surface area contributed by atoms with Crippen molar-refractivity contribution in [3.8, 4) is 5.75 Å². The van der Waals surface area contributed by atoms with E-state index >= 15 is 0 Å². The zero-order valence-electron chi connectivity index (χ0n) is 11.6. The number of hydrogen-bond donors (Lipinski definition) is 2. The third kappa shape index (κ3) is 2.44. The lowest BCUT2D eigenvalue weighted by Crippen LogP contribution is -2.01. The van der Waals surface area contributed by atoms with Gasteiger partial charge in [0.15, 0.2) is 6.29 Å². The lowest BCUT2D eigenvalue weighted by Gasteiger charge is -2.08. The fourth-order valence-electron chi connectivity index (χ4n) is 2.40. The predicted octanol–water partition coefficient (Wildman–Crippen LogP) is 3.26. The van der Waals surface area contributed by atoms with E-state index in [1.807, 2.05) is 30.3 Å². The predicted molar refractivity (Wildman–Crippen MR) is 81.4 cm³/mol. The molecule has 0 fully saturated rings. The fourth-order valence-corrected chi connectivity index (χ4v) is 2.40. The number of hydrogen-bond acceptors (Lipinski definition) is 3. The van der Waals surface area contributed by atoms with E-state index in [2.05, 4.69) is 4.98 Å². The van der Waals surface area contributed by atoms with Crippen molar-refractivity contribution in [2.45, 2.75) is 6.61 Å². The maximum absolute atomic E-state index is 11.4. The summed E-state index contributed by atoms with van der Waals surface area (Å²) in [5, 5.41) is 9.77. The highest BCUT2D eigenvalue weighted by molar-refractivity contribution is 6.11. The standard InChI is InChI=1S/C17H13NO4/c19-9-13-16(17(20)21)15-12(18-13)7-4-8-14(15)22-10-11-5-2-1-3-6-11/h1-9,18H,10H2,(H,20,21). The number of fused-ring (bicyclic) bond motifs is 1. The average molecular weight is 295 g/mol. The number of nitrogens with one attached hydrogen (secondary N) is 1. The van der Waals surface area contributed by atoms with E-state index in [9.17, 15) is 14.7 Å². The molecule has 0 radical (unpaired) electrons. The van der Waals surface area contributed by atoms with Gasteiger partial charge in [-0.15, -0.1) is 0 Å². The third-order valence-corrected chi connectivity index (χ3v) is 3.38. The number of aromatic carboxylic acids is 1. The second-order valence-electron chi connectivity index (χ2n) is 4.79. The molecule has 0 aliphatic heterocycles. The number of rotatable bonds is 5. The van der Waals surface area contributed by atoms with Crippen LogP contribution in [0.5, 0.6) is 5.75 Å². The molecule has 0 bridgehead atoms. The molecule has 1 aromatic heterocycles. The van der Waals surface area contributed by atoms with Crippen molar-refractivity contribution >= 4 is 23.2 Å². The highest BCUT2D eigenvalue weighted by Gasteiger charge is 2.20. The highest BCUT2D eigenvalue weighted by atomic mass is 16.5. The van der Waals surface area contributed by atoms with Crippen LogP contribution >= 0.6 is 0 Å². The van der Waals surface area contributed by atoms with Crippen LogP contribution in [-0.2, 0) is 6.61 Å². The number of ether oxygens (including phenoxy) is 1. The van der Waals surface area contributed by atoms with Gasteiger partial charge in [0.05, 0.1) is 22.2 Å². The molecule has 0 atom stereocenters. The molecular formula is C17H13NO4. The Balaban J connectivity index is 2.04. The maximum atomic E-state index is 11.4. The van der Waals surface area contributed by atoms with Crippen molar-refractivity contribution < 1.29 is 19.4 Å². The molecule has 22 heavy (non-hydrogen) atoms. The van der Waals surface area contributed by atoms with Crippen molar-refractivity contribution in [2.24, 2.45) is 0 Å². The Hall–Kier alpha value is -3.08. The van der Waals surface area contributed by atoms with Gasteiger partial charge in [-0.05, 0) is 17.7 Å². The van der Waals surface area contributed by atoms with Gasteiger partial charge in [0.1, 0.15) is 12.4 Å². The van der Waals surface area contributed by atoms with Crippen molar-refractivity contribution in [2.75, 3.05) is 0 Å². The van der Waals surface area contributed by atoms with E-state index in [4.69, 9.17) is 4.74 Å². The topological polar surface area (TPSA) is 79.4 Å². The van der Waals surface area contributed by atoms with Gasteiger partial charge in [-0.25, -0.2) is 4.79 Å². The lowest BCUT2D eigenvalue weighted by atomic mass is 10.1. The molecule has 0 unspecified atom stereocenters. The molecule has 110 valence electrons. The summed E-state index contributed by atoms with van der Waals surface area (Å²) in [5.41, 5.74) is 1.51. The first kappa shape index (κ1) is 13.9. The normalized spacial score (nSPS) is 10.5. The molecule has 0 aliphatic carbocycles. The number of benzene rings is 2. The first-order chi connectivity index (χ1) is 10.7. The monoisotopic (exact) mass is 295 g/mol. The molecule has 0 saturated heterocycles. The highest BCUT2D eigenvalue weighted by Crippen LogP contribution is 2.31. The molecule has 0 amide bonds. The van der Waals surface area contributed by atoms with E-state index < -0.39 is 5.97 Å². The van der Waals surface area contributed by atoms with E-state index in [-0.39, 0.29) is 11.3 Å². The number of H-pyrrole nitrogens is 1. The Morgan fingerprint density at radius 3 is 2.59 bits per heavy atom. The van der Waals surface area contributed by atoms with Crippen molar-refractivity contribution in [1.29, 1.82) is 0 Å². The number of carboxylic acid groups (broad SMARTS) is 1. The van der Waals surface area contributed by atoms with Gasteiger partial charge in [-0.1, -0.05) is 36.4 Å². The first-order valence-electron chi connectivity index (χ1n) is 6.70. The summed E-state index contributed by atoms with van der Waals surface area (Å²) in [6.45, 7) is 0.320. The largest absolute Gasteiger partial charge is 0.488 e. The van der Waals surface area contributed by atoms with Crippen molar-refractivity contribution in [3.05, 3.63) is 65.4 Å². The van der Waals surface area contributed by atoms with Crippen molar-refractivity contribution in [3.63, 3.8) is 0 Å². The minimum atomic E-state index is -1.16. The third-order valence-electron chi connectivity index (χ3n) is 3.38. The summed E-state index contributed by atoms with van der Waals surface area (Å²) in [6, 6.07) is 14.7. The Bertz CT molecular complexity index is 836. The minimum Gasteiger partial charge on any atom is -0.488 e. The van der Waals surface area contributed by atoms with E-state index in [1.54, 1.807) is 18.2 Å². The van der Waals surface area contributed by atoms with Gasteiger partial charge in [0.2, 0.25) is 0 Å². The molecular weight excluding hydrogens is 282 g/mol. The Kier molecular flexibility index (Phi) is 3.62. The number of carbonyl (C=O) groups is 2. The Labute approximate surface area is 126 Å². The fraction of sp³-hybridized carbons (Fsp3) is 0.0588. The molecule has 2 aromatic carbocycles. The Morgan fingerprint density at radius 1 is 1.14 bits per heavy atom. The summed E-state index contributed by atoms with van der Waals surface area (Å²) in [7, 11) is 0. The van der Waals surface area contributed by atoms with E-state index in [0.717, 1.165) is 5.56 Å². The number of carboxylic acids is 1. The number of carbonyl (C=O) groups excluding carboxylic acids is 1. The van der Waals surface area contributed by atoms with Crippen molar-refractivity contribution in [1.82, 2.24) is 4.98 Å². The second-order valence-corrected chi connectivity index (χ2v) is 4.79. The zero-order valence-corrected chi connectivity index (χ0v) is 11.6. The van der Waals surface area contributed by atoms with Crippen LogP contribution in [0.1, 0.15) is 26.4 Å². The van der Waals surface area contributed by atoms with Crippen LogP contribution in [0.2, 0.25) is 0 Å². The van der Waals surface area contributed by atoms with E-state index in [1.165, 1.54) is 0 Å². The summed E-state index contributed by atoms with van der Waals surface area (Å²) in [6.07, 6.45) is 0.504. The van der Waals surface area contributed by atoms with Gasteiger partial charge in [-0.2, -0.15) is 0 Å². The van der Waals surface area contributed by atoms with Crippen LogP contribution in [0.15, 0.2) is 48.5 Å². The quantitative estimate of drug-likeness (QED) is 0.708. The zero-order chi connectivity index (χ0) is 15.5. The minimum absolute atomic E-state index is 0.0401. The van der Waals surface area contributed by atoms with Gasteiger partial charge >= 0.3 is 5.97 Å². The summed E-state index contributed by atoms with van der Waals surface area (Å²) in [5.74, 6) is -0.729. The summed E-state index contributed by atoms with van der Waals surface area (Å²) in [4.78, 5) is 25.3. The van der Waals surface area contributed by atoms with Crippen LogP contribution in [-0.4, -0.2) is 22.3 Å². The van der Waals surface area contributed by atoms with Gasteiger partial charge < -0.3 is 14.8 Å². The first-order valence-corrected chi connectivity index (χ1v) is 6.70. The van der Waals surface area contributed by atoms with Crippen LogP contribution in [0.4, 0.5) is 0 Å². The van der Waals surface area contributed by atoms with Crippen LogP contribution < -0.4 is 4.74 Å². The average Bonchev–Trinajstić information content (AvgIpc) is 2.93. The maximum Gasteiger partial charge on any atom is 0.338 e. The molecule has 0 saturated carbocycles. The molecule has 5 heteroatoms. The second kappa shape index (κ2) is 5.73. The smallest absolute Gasteiger partial charge is 0.338 e. The summed E-state index contributed by atoms with van der Waals surface area (Å²) < 4.78 is 5.75. The summed E-state index contributed by atoms with van der Waals surface area (Å²) >= 11 is 0. The van der Waals surface area contributed by atoms with E-state index in [0.29, 0.717) is 29.5 Å². The van der Waals surface area contributed by atoms with Gasteiger partial charge in [0, 0.05) is 0 Å². The molecule has 0 aliphatic rings. The molecule has 3 aromatic rings. The Morgan fingerprint density at radius 2 is 1.91 bits per heavy atom. The van der Waals surface area contributed by atoms with Crippen LogP contribution in [0.25, 0.3) is 10.9 Å². The van der Waals surface area contributed by atoms with Gasteiger partial charge in [-0.3, -0.25) is 4.79 Å². The molecule has 3 rings (SSSR count). The molecule has 5 nitrogen and oxygen atoms in total. The van der Waals surface area contributed by atoms with Crippen LogP contribution in [0, 0.1) is 0 Å². The number of aldehydes is 1. The van der Waals surface area contributed by atoms with Crippen LogP contribution in [0.3, 0.4) is 0 Å². The van der Waals surface area contributed by atoms with Gasteiger partial charge in [0.25, 0.3) is 0 Å². The molecule has 1 heterocycles.